The summed E-state index contributed by atoms with van der Waals surface area (Å²) in [4.78, 5) is 15.4. The molecule has 84 valence electrons. The number of carbonyl (C=O) groups excluding carboxylic acids is 1. The Kier molecular flexibility index (Phi) is 4.30. The number of amides is 1. The fourth-order valence-electron chi connectivity index (χ4n) is 1.22. The number of aliphatic hydroxyl groups is 1. The maximum absolute atomic E-state index is 11.5. The largest absolute Gasteiger partial charge is 0.393 e. The van der Waals surface area contributed by atoms with Gasteiger partial charge in [0.15, 0.2) is 0 Å². The molecule has 0 spiro atoms. The van der Waals surface area contributed by atoms with Crippen LogP contribution in [0.5, 0.6) is 0 Å². The van der Waals surface area contributed by atoms with Gasteiger partial charge >= 0.3 is 0 Å². The molecular weight excluding hydrogens is 194 g/mol. The Morgan fingerprint density at radius 3 is 3.00 bits per heavy atom. The van der Waals surface area contributed by atoms with Crippen molar-refractivity contribution in [1.29, 1.82) is 0 Å². The number of imidazole rings is 1. The molecule has 15 heavy (non-hydrogen) atoms. The normalized spacial score (nSPS) is 12.5. The highest BCUT2D eigenvalue weighted by Crippen LogP contribution is 1.97. The van der Waals surface area contributed by atoms with Crippen molar-refractivity contribution in [2.45, 2.75) is 25.9 Å². The Morgan fingerprint density at radius 2 is 2.47 bits per heavy atom. The van der Waals surface area contributed by atoms with Gasteiger partial charge in [-0.05, 0) is 12.8 Å². The molecule has 5 heteroatoms. The highest BCUT2D eigenvalue weighted by atomic mass is 16.3. The van der Waals surface area contributed by atoms with Crippen LogP contribution in [0.15, 0.2) is 12.5 Å². The summed E-state index contributed by atoms with van der Waals surface area (Å²) in [6, 6.07) is 0. The van der Waals surface area contributed by atoms with Gasteiger partial charge in [0.2, 0.25) is 0 Å². The van der Waals surface area contributed by atoms with Gasteiger partial charge in [0, 0.05) is 13.6 Å². The molecule has 0 aliphatic heterocycles. The Bertz CT molecular complexity index is 322. The van der Waals surface area contributed by atoms with E-state index in [4.69, 9.17) is 0 Å². The zero-order valence-corrected chi connectivity index (χ0v) is 9.10. The number of hydrogen-bond donors (Lipinski definition) is 2. The average molecular weight is 211 g/mol. The van der Waals surface area contributed by atoms with E-state index in [-0.39, 0.29) is 12.0 Å². The first-order chi connectivity index (χ1) is 7.15. The fraction of sp³-hybridized carbons (Fsp3) is 0.600. The van der Waals surface area contributed by atoms with Gasteiger partial charge < -0.3 is 15.0 Å². The van der Waals surface area contributed by atoms with Crippen molar-refractivity contribution in [3.05, 3.63) is 18.2 Å². The topological polar surface area (TPSA) is 67.2 Å². The second kappa shape index (κ2) is 5.50. The molecule has 0 radical (unpaired) electrons. The first kappa shape index (κ1) is 11.7. The van der Waals surface area contributed by atoms with Gasteiger partial charge in [-0.25, -0.2) is 4.98 Å². The molecule has 0 aliphatic carbocycles. The van der Waals surface area contributed by atoms with Crippen molar-refractivity contribution in [2.24, 2.45) is 7.05 Å². The number of aromatic nitrogens is 2. The zero-order valence-electron chi connectivity index (χ0n) is 9.10. The Balaban J connectivity index is 2.34. The molecule has 1 rings (SSSR count). The van der Waals surface area contributed by atoms with Crippen LogP contribution in [-0.4, -0.2) is 33.2 Å². The average Bonchev–Trinajstić information content (AvgIpc) is 2.64. The van der Waals surface area contributed by atoms with Crippen molar-refractivity contribution in [3.8, 4) is 0 Å². The molecule has 0 saturated carbocycles. The predicted octanol–water partition coefficient (Wildman–Crippen LogP) is 0.311. The molecule has 1 amide bonds. The first-order valence-corrected chi connectivity index (χ1v) is 5.07. The molecule has 0 fully saturated rings. The lowest BCUT2D eigenvalue weighted by Gasteiger charge is -2.08. The van der Waals surface area contributed by atoms with Crippen LogP contribution in [0.25, 0.3) is 0 Å². The minimum absolute atomic E-state index is 0.154. The quantitative estimate of drug-likeness (QED) is 0.736. The van der Waals surface area contributed by atoms with Crippen LogP contribution in [-0.2, 0) is 7.05 Å². The molecule has 0 saturated heterocycles. The predicted molar refractivity (Wildman–Crippen MR) is 56.5 cm³/mol. The van der Waals surface area contributed by atoms with Gasteiger partial charge in [0.25, 0.3) is 5.91 Å². The van der Waals surface area contributed by atoms with Crippen LogP contribution < -0.4 is 5.32 Å². The van der Waals surface area contributed by atoms with E-state index in [9.17, 15) is 9.90 Å². The number of aliphatic hydroxyl groups excluding tert-OH is 1. The second-order valence-electron chi connectivity index (χ2n) is 3.50. The Hall–Kier alpha value is -1.36. The Labute approximate surface area is 89.1 Å². The number of rotatable bonds is 5. The smallest absolute Gasteiger partial charge is 0.269 e. The highest BCUT2D eigenvalue weighted by molar-refractivity contribution is 5.92. The van der Waals surface area contributed by atoms with E-state index in [0.29, 0.717) is 25.1 Å². The number of carbonyl (C=O) groups is 1. The van der Waals surface area contributed by atoms with E-state index >= 15 is 0 Å². The number of hydrogen-bond acceptors (Lipinski definition) is 3. The lowest BCUT2D eigenvalue weighted by Crippen LogP contribution is -2.28. The van der Waals surface area contributed by atoms with Gasteiger partial charge in [-0.15, -0.1) is 0 Å². The van der Waals surface area contributed by atoms with Crippen LogP contribution in [0.3, 0.4) is 0 Å². The summed E-state index contributed by atoms with van der Waals surface area (Å²) in [7, 11) is 1.77. The molecule has 1 aromatic rings. The summed E-state index contributed by atoms with van der Waals surface area (Å²) in [6.45, 7) is 2.40. The molecule has 1 unspecified atom stereocenters. The minimum atomic E-state index is -0.336. The van der Waals surface area contributed by atoms with E-state index in [2.05, 4.69) is 10.3 Å². The van der Waals surface area contributed by atoms with E-state index in [1.54, 1.807) is 17.9 Å². The number of nitrogens with one attached hydrogen (secondary N) is 1. The van der Waals surface area contributed by atoms with Crippen molar-refractivity contribution in [2.75, 3.05) is 6.54 Å². The maximum atomic E-state index is 11.5. The molecular formula is C10H17N3O2. The minimum Gasteiger partial charge on any atom is -0.393 e. The molecule has 2 N–H and O–H groups in total. The highest BCUT2D eigenvalue weighted by Gasteiger charge is 2.09. The number of nitrogens with zero attached hydrogens (tertiary/aromatic N) is 2. The third kappa shape index (κ3) is 3.36. The van der Waals surface area contributed by atoms with Crippen LogP contribution in [0.4, 0.5) is 0 Å². The standard InChI is InChI=1S/C10H17N3O2/c1-3-8(14)4-5-12-10(15)9-6-11-7-13(9)2/h6-8,14H,3-5H2,1-2H3,(H,12,15). The van der Waals surface area contributed by atoms with E-state index in [1.165, 1.54) is 6.20 Å². The van der Waals surface area contributed by atoms with Crippen LogP contribution in [0, 0.1) is 0 Å². The molecule has 0 bridgehead atoms. The molecule has 1 aromatic heterocycles. The third-order valence-corrected chi connectivity index (χ3v) is 2.28. The van der Waals surface area contributed by atoms with Crippen molar-refractivity contribution in [3.63, 3.8) is 0 Å². The van der Waals surface area contributed by atoms with Gasteiger partial charge in [-0.1, -0.05) is 6.92 Å². The van der Waals surface area contributed by atoms with Crippen LogP contribution >= 0.6 is 0 Å². The van der Waals surface area contributed by atoms with Gasteiger partial charge in [-0.2, -0.15) is 0 Å². The monoisotopic (exact) mass is 211 g/mol. The molecule has 0 aromatic carbocycles. The molecule has 0 aliphatic rings. The SMILES string of the molecule is CCC(O)CCNC(=O)c1cncn1C. The van der Waals surface area contributed by atoms with Gasteiger partial charge in [0.05, 0.1) is 18.6 Å². The summed E-state index contributed by atoms with van der Waals surface area (Å²) in [6.07, 6.45) is 4.06. The Morgan fingerprint density at radius 1 is 1.73 bits per heavy atom. The van der Waals surface area contributed by atoms with Crippen LogP contribution in [0.1, 0.15) is 30.3 Å². The lowest BCUT2D eigenvalue weighted by atomic mass is 10.2. The van der Waals surface area contributed by atoms with E-state index in [1.807, 2.05) is 6.92 Å². The summed E-state index contributed by atoms with van der Waals surface area (Å²) in [5.41, 5.74) is 0.529. The zero-order chi connectivity index (χ0) is 11.3. The summed E-state index contributed by atoms with van der Waals surface area (Å²) < 4.78 is 1.66. The summed E-state index contributed by atoms with van der Waals surface area (Å²) >= 11 is 0. The summed E-state index contributed by atoms with van der Waals surface area (Å²) in [5.74, 6) is -0.154. The van der Waals surface area contributed by atoms with Crippen molar-refractivity contribution >= 4 is 5.91 Å². The van der Waals surface area contributed by atoms with Crippen molar-refractivity contribution in [1.82, 2.24) is 14.9 Å². The van der Waals surface area contributed by atoms with Gasteiger partial charge in [-0.3, -0.25) is 4.79 Å². The van der Waals surface area contributed by atoms with Gasteiger partial charge in [0.1, 0.15) is 5.69 Å². The molecule has 1 heterocycles. The molecule has 5 nitrogen and oxygen atoms in total. The van der Waals surface area contributed by atoms with E-state index < -0.39 is 0 Å². The third-order valence-electron chi connectivity index (χ3n) is 2.28. The first-order valence-electron chi connectivity index (χ1n) is 5.07. The van der Waals surface area contributed by atoms with Crippen molar-refractivity contribution < 1.29 is 9.90 Å². The van der Waals surface area contributed by atoms with Crippen LogP contribution in [0.2, 0.25) is 0 Å². The van der Waals surface area contributed by atoms with E-state index in [0.717, 1.165) is 0 Å². The summed E-state index contributed by atoms with van der Waals surface area (Å²) in [5, 5.41) is 12.0. The maximum Gasteiger partial charge on any atom is 0.269 e. The molecule has 1 atom stereocenters. The lowest BCUT2D eigenvalue weighted by molar-refractivity contribution is 0.0934. The fourth-order valence-corrected chi connectivity index (χ4v) is 1.22. The second-order valence-corrected chi connectivity index (χ2v) is 3.50. The number of aryl methyl sites for hydroxylation is 1.